The lowest BCUT2D eigenvalue weighted by Gasteiger charge is -2.36. The molecule has 1 heterocycles. The highest BCUT2D eigenvalue weighted by Crippen LogP contribution is 2.44. The van der Waals surface area contributed by atoms with Crippen LogP contribution >= 0.6 is 0 Å². The zero-order valence-electron chi connectivity index (χ0n) is 14.0. The topological polar surface area (TPSA) is 66.8 Å². The van der Waals surface area contributed by atoms with Crippen molar-refractivity contribution in [3.8, 4) is 23.0 Å². The van der Waals surface area contributed by atoms with Crippen molar-refractivity contribution in [2.24, 2.45) is 0 Å². The van der Waals surface area contributed by atoms with E-state index in [4.69, 9.17) is 9.84 Å². The van der Waals surface area contributed by atoms with Gasteiger partial charge < -0.3 is 9.84 Å². The molecule has 0 spiro atoms. The van der Waals surface area contributed by atoms with Gasteiger partial charge in [0.05, 0.1) is 6.04 Å². The van der Waals surface area contributed by atoms with E-state index in [0.717, 1.165) is 11.1 Å². The average molecular weight is 347 g/mol. The number of carbonyl (C=O) groups excluding carboxylic acids is 1. The van der Waals surface area contributed by atoms with Gasteiger partial charge >= 0.3 is 12.1 Å². The zero-order chi connectivity index (χ0) is 18.1. The minimum Gasteiger partial charge on any atom is -0.472 e. The van der Waals surface area contributed by atoms with Crippen LogP contribution in [0.4, 0.5) is 4.79 Å². The van der Waals surface area contributed by atoms with Crippen molar-refractivity contribution < 1.29 is 19.4 Å². The molecule has 5 heteroatoms. The second kappa shape index (κ2) is 6.57. The minimum atomic E-state index is -1.19. The van der Waals surface area contributed by atoms with Gasteiger partial charge in [0.15, 0.2) is 0 Å². The van der Waals surface area contributed by atoms with Gasteiger partial charge in [0, 0.05) is 18.4 Å². The van der Waals surface area contributed by atoms with Crippen LogP contribution in [0.2, 0.25) is 0 Å². The summed E-state index contributed by atoms with van der Waals surface area (Å²) >= 11 is 0. The lowest BCUT2D eigenvalue weighted by Crippen LogP contribution is -2.50. The van der Waals surface area contributed by atoms with Crippen LogP contribution in [-0.2, 0) is 9.53 Å². The number of carboxylic acids is 1. The van der Waals surface area contributed by atoms with E-state index in [1.165, 1.54) is 16.0 Å². The van der Waals surface area contributed by atoms with Crippen LogP contribution in [-0.4, -0.2) is 41.3 Å². The van der Waals surface area contributed by atoms with Crippen LogP contribution in [0.1, 0.15) is 23.5 Å². The normalized spacial score (nSPS) is 17.4. The molecule has 0 bridgehead atoms. The van der Waals surface area contributed by atoms with Gasteiger partial charge in [0.1, 0.15) is 6.61 Å². The molecular weight excluding hydrogens is 330 g/mol. The number of hydrogen-bond donors (Lipinski definition) is 1. The third-order valence-corrected chi connectivity index (χ3v) is 4.94. The van der Waals surface area contributed by atoms with E-state index in [9.17, 15) is 9.59 Å². The second-order valence-electron chi connectivity index (χ2n) is 6.38. The largest absolute Gasteiger partial charge is 0.472 e. The molecule has 130 valence electrons. The van der Waals surface area contributed by atoms with Crippen molar-refractivity contribution >= 4 is 12.1 Å². The molecule has 1 aliphatic carbocycles. The maximum Gasteiger partial charge on any atom is 0.410 e. The van der Waals surface area contributed by atoms with Gasteiger partial charge in [-0.15, -0.1) is 0 Å². The van der Waals surface area contributed by atoms with Gasteiger partial charge in [-0.25, -0.2) is 9.59 Å². The van der Waals surface area contributed by atoms with Gasteiger partial charge in [0.25, 0.3) is 0 Å². The number of benzene rings is 2. The summed E-state index contributed by atoms with van der Waals surface area (Å²) in [7, 11) is 0. The maximum atomic E-state index is 12.3. The predicted octanol–water partition coefficient (Wildman–Crippen LogP) is 3.10. The lowest BCUT2D eigenvalue weighted by atomic mass is 9.98. The molecule has 1 fully saturated rings. The first-order valence-corrected chi connectivity index (χ1v) is 8.51. The van der Waals surface area contributed by atoms with Gasteiger partial charge in [-0.2, -0.15) is 0 Å². The number of aliphatic carboxylic acids is 1. The van der Waals surface area contributed by atoms with Crippen LogP contribution in [0.25, 0.3) is 11.1 Å². The van der Waals surface area contributed by atoms with Crippen molar-refractivity contribution in [3.05, 3.63) is 59.7 Å². The summed E-state index contributed by atoms with van der Waals surface area (Å²) in [5.41, 5.74) is 4.68. The summed E-state index contributed by atoms with van der Waals surface area (Å²) in [5.74, 6) is 3.48. The monoisotopic (exact) mass is 347 g/mol. The highest BCUT2D eigenvalue weighted by atomic mass is 16.6. The molecule has 2 aromatic rings. The Kier molecular flexibility index (Phi) is 4.10. The first kappa shape index (κ1) is 16.2. The third-order valence-electron chi connectivity index (χ3n) is 4.94. The Morgan fingerprint density at radius 1 is 1.08 bits per heavy atom. The van der Waals surface area contributed by atoms with Crippen molar-refractivity contribution in [3.63, 3.8) is 0 Å². The summed E-state index contributed by atoms with van der Waals surface area (Å²) in [6, 6.07) is 15.9. The van der Waals surface area contributed by atoms with Gasteiger partial charge in [-0.3, -0.25) is 4.90 Å². The molecule has 1 saturated heterocycles. The van der Waals surface area contributed by atoms with E-state index < -0.39 is 12.1 Å². The number of rotatable bonds is 2. The van der Waals surface area contributed by atoms with E-state index in [1.807, 2.05) is 24.3 Å². The molecular formula is C21H17NO4. The molecule has 2 aliphatic rings. The van der Waals surface area contributed by atoms with Crippen molar-refractivity contribution in [1.29, 1.82) is 0 Å². The summed E-state index contributed by atoms with van der Waals surface area (Å²) in [6.45, 7) is 0.790. The number of carboxylic acid groups (broad SMARTS) is 1. The van der Waals surface area contributed by atoms with Crippen molar-refractivity contribution in [2.75, 3.05) is 13.2 Å². The van der Waals surface area contributed by atoms with E-state index >= 15 is 0 Å². The first-order valence-electron chi connectivity index (χ1n) is 8.51. The van der Waals surface area contributed by atoms with Crippen LogP contribution < -0.4 is 0 Å². The van der Waals surface area contributed by atoms with Gasteiger partial charge in [-0.1, -0.05) is 54.5 Å². The highest BCUT2D eigenvalue weighted by Gasteiger charge is 2.34. The SMILES string of the molecule is O=C(O)C#CC1CCN1C(=O)OCC1c2ccccc2-c2ccccc21. The van der Waals surface area contributed by atoms with E-state index in [-0.39, 0.29) is 18.6 Å². The molecule has 26 heavy (non-hydrogen) atoms. The molecule has 0 saturated carbocycles. The number of ether oxygens (including phenoxy) is 1. The van der Waals surface area contributed by atoms with E-state index in [1.54, 1.807) is 0 Å². The zero-order valence-corrected chi connectivity index (χ0v) is 14.0. The smallest absolute Gasteiger partial charge is 0.410 e. The second-order valence-corrected chi connectivity index (χ2v) is 6.38. The van der Waals surface area contributed by atoms with Gasteiger partial charge in [0.2, 0.25) is 0 Å². The highest BCUT2D eigenvalue weighted by molar-refractivity contribution is 5.86. The number of amides is 1. The van der Waals surface area contributed by atoms with Crippen molar-refractivity contribution in [2.45, 2.75) is 18.4 Å². The number of nitrogens with zero attached hydrogens (tertiary/aromatic N) is 1. The Morgan fingerprint density at radius 3 is 2.23 bits per heavy atom. The Hall–Kier alpha value is -3.26. The molecule has 1 amide bonds. The molecule has 0 aromatic heterocycles. The minimum absolute atomic E-state index is 0.0104. The fraction of sp³-hybridized carbons (Fsp3) is 0.238. The average Bonchev–Trinajstić information content (AvgIpc) is 2.93. The number of fused-ring (bicyclic) bond motifs is 3. The Morgan fingerprint density at radius 2 is 1.69 bits per heavy atom. The van der Waals surface area contributed by atoms with E-state index in [0.29, 0.717) is 13.0 Å². The van der Waals surface area contributed by atoms with Crippen molar-refractivity contribution in [1.82, 2.24) is 4.90 Å². The molecule has 1 atom stereocenters. The number of hydrogen-bond acceptors (Lipinski definition) is 3. The molecule has 2 aromatic carbocycles. The molecule has 4 rings (SSSR count). The Balaban J connectivity index is 1.48. The molecule has 1 aliphatic heterocycles. The fourth-order valence-electron chi connectivity index (χ4n) is 3.58. The molecule has 1 unspecified atom stereocenters. The maximum absolute atomic E-state index is 12.3. The molecule has 5 nitrogen and oxygen atoms in total. The number of carbonyl (C=O) groups is 2. The quantitative estimate of drug-likeness (QED) is 0.848. The lowest BCUT2D eigenvalue weighted by molar-refractivity contribution is -0.130. The van der Waals surface area contributed by atoms with Crippen LogP contribution in [0.3, 0.4) is 0 Å². The van der Waals surface area contributed by atoms with Crippen LogP contribution in [0, 0.1) is 11.8 Å². The van der Waals surface area contributed by atoms with Gasteiger partial charge in [-0.05, 0) is 28.7 Å². The number of likely N-dealkylation sites (tertiary alicyclic amines) is 1. The third kappa shape index (κ3) is 2.80. The predicted molar refractivity (Wildman–Crippen MR) is 95.6 cm³/mol. The summed E-state index contributed by atoms with van der Waals surface area (Å²) < 4.78 is 5.55. The molecule has 1 N–H and O–H groups in total. The summed E-state index contributed by atoms with van der Waals surface area (Å²) in [6.07, 6.45) is 0.229. The molecule has 0 radical (unpaired) electrons. The Bertz CT molecular complexity index is 895. The summed E-state index contributed by atoms with van der Waals surface area (Å²) in [5, 5.41) is 8.63. The Labute approximate surface area is 151 Å². The van der Waals surface area contributed by atoms with Crippen LogP contribution in [0.5, 0.6) is 0 Å². The fourth-order valence-corrected chi connectivity index (χ4v) is 3.58. The van der Waals surface area contributed by atoms with E-state index in [2.05, 4.69) is 36.1 Å². The van der Waals surface area contributed by atoms with Crippen LogP contribution in [0.15, 0.2) is 48.5 Å². The first-order chi connectivity index (χ1) is 12.6. The standard InChI is InChI=1S/C21H17NO4/c23-20(24)10-9-14-11-12-22(14)21(25)26-13-19-17-7-3-1-5-15(17)16-6-2-4-8-18(16)19/h1-8,14,19H,11-13H2,(H,23,24). The summed E-state index contributed by atoms with van der Waals surface area (Å²) in [4.78, 5) is 24.4.